The van der Waals surface area contributed by atoms with Gasteiger partial charge in [0.1, 0.15) is 41.7 Å². The van der Waals surface area contributed by atoms with Crippen molar-refractivity contribution in [2.24, 2.45) is 45.3 Å². The van der Waals surface area contributed by atoms with Crippen molar-refractivity contribution in [3.05, 3.63) is 94.1 Å². The maximum Gasteiger partial charge on any atom is 0.338 e. The molecule has 470 valence electrons. The molecule has 9 aliphatic rings. The van der Waals surface area contributed by atoms with Crippen molar-refractivity contribution in [1.82, 2.24) is 0 Å². The Morgan fingerprint density at radius 3 is 1.43 bits per heavy atom. The Balaban J connectivity index is 0.000000206. The highest BCUT2D eigenvalue weighted by molar-refractivity contribution is 5.96. The number of hydrogen-bond donors (Lipinski definition) is 6. The van der Waals surface area contributed by atoms with Gasteiger partial charge in [-0.2, -0.15) is 0 Å². The molecule has 2 heterocycles. The van der Waals surface area contributed by atoms with E-state index in [-0.39, 0.29) is 62.5 Å². The summed E-state index contributed by atoms with van der Waals surface area (Å²) in [4.78, 5) is 96.0. The summed E-state index contributed by atoms with van der Waals surface area (Å²) in [7, 11) is 0. The molecule has 6 N–H and O–H groups in total. The van der Waals surface area contributed by atoms with Crippen LogP contribution < -0.4 is 0 Å². The van der Waals surface area contributed by atoms with Crippen molar-refractivity contribution in [2.75, 3.05) is 13.2 Å². The second-order valence-electron chi connectivity index (χ2n) is 27.2. The van der Waals surface area contributed by atoms with Crippen molar-refractivity contribution in [3.63, 3.8) is 0 Å². The fourth-order valence-corrected chi connectivity index (χ4v) is 17.1. The van der Waals surface area contributed by atoms with Gasteiger partial charge in [0.05, 0.1) is 65.8 Å². The van der Waals surface area contributed by atoms with Gasteiger partial charge in [-0.05, 0) is 92.5 Å². The van der Waals surface area contributed by atoms with Crippen molar-refractivity contribution < 1.29 is 97.4 Å². The summed E-state index contributed by atoms with van der Waals surface area (Å²) in [6.45, 7) is 17.3. The summed E-state index contributed by atoms with van der Waals surface area (Å²) >= 11 is 0. The molecule has 4 bridgehead atoms. The molecule has 7 aliphatic carbocycles. The van der Waals surface area contributed by atoms with Crippen molar-refractivity contribution in [1.29, 1.82) is 0 Å². The zero-order valence-electron chi connectivity index (χ0n) is 50.2. The molecule has 20 nitrogen and oxygen atoms in total. The van der Waals surface area contributed by atoms with E-state index in [0.717, 1.165) is 12.8 Å². The maximum atomic E-state index is 15.4. The lowest BCUT2D eigenvalue weighted by atomic mass is 9.43. The third kappa shape index (κ3) is 9.38. The monoisotopic (exact) mass is 1200 g/mol. The van der Waals surface area contributed by atoms with E-state index in [4.69, 9.17) is 33.2 Å². The average molecular weight is 1200 g/mol. The lowest BCUT2D eigenvalue weighted by molar-refractivity contribution is -0.345. The third-order valence-electron chi connectivity index (χ3n) is 22.3. The first kappa shape index (κ1) is 64.8. The number of rotatable bonds is 8. The van der Waals surface area contributed by atoms with Crippen LogP contribution in [-0.4, -0.2) is 163 Å². The molecule has 11 rings (SSSR count). The highest BCUT2D eigenvalue weighted by atomic mass is 16.6. The summed E-state index contributed by atoms with van der Waals surface area (Å²) in [6, 6.07) is 16.4. The summed E-state index contributed by atoms with van der Waals surface area (Å²) in [5, 5.41) is 71.4. The molecular weight excluding hydrogens is 1110 g/mol. The number of esters is 5. The first-order valence-corrected chi connectivity index (χ1v) is 29.7. The third-order valence-corrected chi connectivity index (χ3v) is 22.3. The van der Waals surface area contributed by atoms with E-state index < -0.39 is 158 Å². The summed E-state index contributed by atoms with van der Waals surface area (Å²) in [6.07, 6.45) is -8.78. The Labute approximate surface area is 501 Å². The predicted molar refractivity (Wildman–Crippen MR) is 306 cm³/mol. The van der Waals surface area contributed by atoms with E-state index in [0.29, 0.717) is 36.0 Å². The molecule has 2 aromatic rings. The van der Waals surface area contributed by atoms with Crippen LogP contribution in [-0.2, 0) is 57.1 Å². The van der Waals surface area contributed by atoms with Gasteiger partial charge in [-0.25, -0.2) is 9.59 Å². The minimum Gasteiger partial charge on any atom is -0.455 e. The molecular formula is C66H86O20. The molecule has 20 heteroatoms. The maximum absolute atomic E-state index is 15.4. The van der Waals surface area contributed by atoms with E-state index in [2.05, 4.69) is 0 Å². The molecule has 0 unspecified atom stereocenters. The SMILES string of the molecule is C.CC(=O)O[C@@]12CO[C@@H]1C[C@H](C)[C@@]1(C)C(=O)[C@H](OC(=O)C3CCCC3)C3=C(C)[C@@H](O)C[C@@](O)([C@@H](OC(=O)c4ccccc4)[C@H]21)C3(C)C.CC(=O)O[C@@]12CO[C@@H]1C[C@H](O)[C@@]1(C)C(=O)[C@H](O)C3=C(C)[C@@H](O)C[C@@](O)([C@@H](OC(=O)c4ccccc4)[C@H]21)C3(C)C. The molecule has 86 heavy (non-hydrogen) atoms. The smallest absolute Gasteiger partial charge is 0.338 e. The van der Waals surface area contributed by atoms with Gasteiger partial charge in [-0.15, -0.1) is 0 Å². The lowest BCUT2D eigenvalue weighted by Crippen LogP contribution is -2.81. The minimum atomic E-state index is -2.07. The highest BCUT2D eigenvalue weighted by Crippen LogP contribution is 2.67. The van der Waals surface area contributed by atoms with Crippen LogP contribution in [0.4, 0.5) is 0 Å². The fraction of sp³-hybridized carbons (Fsp3) is 0.652. The number of carbonyl (C=O) groups is 7. The van der Waals surface area contributed by atoms with E-state index >= 15 is 4.79 Å². The molecule has 2 saturated heterocycles. The van der Waals surface area contributed by atoms with E-state index in [9.17, 15) is 59.4 Å². The van der Waals surface area contributed by atoms with Crippen molar-refractivity contribution >= 4 is 41.4 Å². The van der Waals surface area contributed by atoms with E-state index in [1.165, 1.54) is 32.9 Å². The van der Waals surface area contributed by atoms with E-state index in [1.807, 2.05) is 6.92 Å². The first-order valence-electron chi connectivity index (χ1n) is 29.7. The van der Waals surface area contributed by atoms with Crippen LogP contribution >= 0.6 is 0 Å². The number of hydrogen-bond acceptors (Lipinski definition) is 20. The number of aliphatic hydroxyl groups excluding tert-OH is 4. The van der Waals surface area contributed by atoms with Crippen molar-refractivity contribution in [3.8, 4) is 0 Å². The molecule has 2 aromatic carbocycles. The number of ether oxygens (including phenoxy) is 7. The Morgan fingerprint density at radius 2 is 1.00 bits per heavy atom. The lowest BCUT2D eigenvalue weighted by Gasteiger charge is -2.68. The molecule has 0 amide bonds. The van der Waals surface area contributed by atoms with Gasteiger partial charge < -0.3 is 63.8 Å². The van der Waals surface area contributed by atoms with Gasteiger partial charge in [0.2, 0.25) is 0 Å². The number of Topliss-reactive ketones (excluding diaryl/α,β-unsaturated/α-hetero) is 2. The average Bonchev–Trinajstić information content (AvgIpc) is 0.688. The topological polar surface area (TPSA) is 305 Å². The molecule has 7 fully saturated rings. The van der Waals surface area contributed by atoms with Crippen LogP contribution in [0, 0.1) is 45.3 Å². The normalized spacial score (nSPS) is 40.8. The molecule has 2 aliphatic heterocycles. The van der Waals surface area contributed by atoms with Gasteiger partial charge in [-0.1, -0.05) is 98.2 Å². The summed E-state index contributed by atoms with van der Waals surface area (Å²) < 4.78 is 42.4. The molecule has 0 spiro atoms. The second kappa shape index (κ2) is 22.4. The van der Waals surface area contributed by atoms with Crippen LogP contribution in [0.15, 0.2) is 83.0 Å². The summed E-state index contributed by atoms with van der Waals surface area (Å²) in [5.41, 5.74) is -11.5. The Kier molecular flexibility index (Phi) is 16.9. The van der Waals surface area contributed by atoms with E-state index in [1.54, 1.807) is 97.0 Å². The molecule has 5 saturated carbocycles. The Hall–Kier alpha value is -5.71. The van der Waals surface area contributed by atoms with Crippen LogP contribution in [0.3, 0.4) is 0 Å². The Morgan fingerprint density at radius 1 is 0.581 bits per heavy atom. The predicted octanol–water partition coefficient (Wildman–Crippen LogP) is 5.82. The van der Waals surface area contributed by atoms with Gasteiger partial charge in [-0.3, -0.25) is 24.0 Å². The van der Waals surface area contributed by atoms with Crippen LogP contribution in [0.25, 0.3) is 0 Å². The van der Waals surface area contributed by atoms with Crippen LogP contribution in [0.5, 0.6) is 0 Å². The zero-order chi connectivity index (χ0) is 62.1. The van der Waals surface area contributed by atoms with Gasteiger partial charge in [0, 0.05) is 49.4 Å². The van der Waals surface area contributed by atoms with Gasteiger partial charge >= 0.3 is 29.8 Å². The van der Waals surface area contributed by atoms with Crippen LogP contribution in [0.2, 0.25) is 0 Å². The van der Waals surface area contributed by atoms with Crippen LogP contribution in [0.1, 0.15) is 156 Å². The minimum absolute atomic E-state index is 0. The number of ketones is 2. The molecule has 0 radical (unpaired) electrons. The second-order valence-corrected chi connectivity index (χ2v) is 27.2. The first-order chi connectivity index (χ1) is 39.7. The Bertz CT molecular complexity index is 3110. The standard InChI is InChI=1S/C36H46O10.C29H36O10.CH4/c1-19-16-25-35(18-43-25,46-21(3)37)28-30(45-32(41)23-12-8-7-9-13-23)36(42)17-24(38)20(2)26(33(36,4)5)27(29(39)34(19,28)6)44-31(40)22-14-10-11-15-22;1-14-17(31)12-29(36)24(38-25(35)16-9-7-6-8-10-16)22-27(5,23(34)21(33)20(14)26(29,3)4)18(32)11-19-28(22,13-37-19)39-15(2)30;/h7-9,12-13,19,22,24-25,27-28,30,38,42H,10-11,14-18H2,1-6H3;6-10,17-19,21-22,24,31-33,36H,11-13H2,1-5H3;1H4/t19-,24-,25+,27+,28-,30-,34+,35-,36+;17-,18-,19+,21+,22-,24-,27+,28-,29+;/m00./s1. The zero-order valence-corrected chi connectivity index (χ0v) is 50.2. The quantitative estimate of drug-likeness (QED) is 0.103. The van der Waals surface area contributed by atoms with Crippen molar-refractivity contribution in [2.45, 2.75) is 212 Å². The molecule has 18 atom stereocenters. The van der Waals surface area contributed by atoms with Gasteiger partial charge in [0.25, 0.3) is 0 Å². The number of benzene rings is 2. The van der Waals surface area contributed by atoms with Gasteiger partial charge in [0.15, 0.2) is 28.9 Å². The number of carbonyl (C=O) groups excluding carboxylic acids is 7. The summed E-state index contributed by atoms with van der Waals surface area (Å²) in [5.74, 6) is -7.75. The largest absolute Gasteiger partial charge is 0.455 e. The number of aliphatic hydroxyl groups is 6. The highest BCUT2D eigenvalue weighted by Gasteiger charge is 2.80. The molecule has 0 aromatic heterocycles. The fourth-order valence-electron chi connectivity index (χ4n) is 17.1. The number of fused-ring (bicyclic) bond motifs is 10.